The highest BCUT2D eigenvalue weighted by atomic mass is 16.6. The Morgan fingerprint density at radius 2 is 1.00 bits per heavy atom. The number of methoxy groups -OCH3 is 2. The Bertz CT molecular complexity index is 525. The van der Waals surface area contributed by atoms with Crippen LogP contribution in [0.5, 0.6) is 0 Å². The first-order valence-corrected chi connectivity index (χ1v) is 9.02. The maximum atomic E-state index is 12.1. The number of hydrogen-bond donors (Lipinski definition) is 0. The van der Waals surface area contributed by atoms with Crippen molar-refractivity contribution in [2.45, 2.75) is 38.5 Å². The maximum Gasteiger partial charge on any atom is 0.323 e. The van der Waals surface area contributed by atoms with Crippen LogP contribution in [-0.4, -0.2) is 64.5 Å². The minimum absolute atomic E-state index is 0.0162. The van der Waals surface area contributed by atoms with Crippen molar-refractivity contribution < 1.29 is 42.9 Å². The van der Waals surface area contributed by atoms with Crippen molar-refractivity contribution in [3.8, 4) is 0 Å². The lowest BCUT2D eigenvalue weighted by atomic mass is 9.69. The van der Waals surface area contributed by atoms with Crippen molar-refractivity contribution in [2.75, 3.05) is 40.6 Å². The molecule has 0 aliphatic heterocycles. The third kappa shape index (κ3) is 4.23. The van der Waals surface area contributed by atoms with Crippen molar-refractivity contribution in [1.29, 1.82) is 0 Å². The first kappa shape index (κ1) is 21.1. The Morgan fingerprint density at radius 3 is 1.26 bits per heavy atom. The summed E-state index contributed by atoms with van der Waals surface area (Å²) in [5.41, 5.74) is -2.34. The van der Waals surface area contributed by atoms with Gasteiger partial charge >= 0.3 is 23.9 Å². The molecular formula is C18H26O9. The van der Waals surface area contributed by atoms with Gasteiger partial charge in [0, 0.05) is 0 Å². The quantitative estimate of drug-likeness (QED) is 0.232. The fourth-order valence-corrected chi connectivity index (χ4v) is 3.20. The molecule has 0 aromatic rings. The van der Waals surface area contributed by atoms with Gasteiger partial charge in [0.1, 0.15) is 13.2 Å². The van der Waals surface area contributed by atoms with E-state index in [0.29, 0.717) is 25.7 Å². The Labute approximate surface area is 157 Å². The SMILES string of the molecule is COC(=O)C1(C(=O)OCCOCCOC(=O)C2(C(=O)OC)CCC2)CCC1. The first-order valence-electron chi connectivity index (χ1n) is 9.02. The third-order valence-corrected chi connectivity index (χ3v) is 5.27. The second-order valence-electron chi connectivity index (χ2n) is 6.74. The Kier molecular flexibility index (Phi) is 7.18. The van der Waals surface area contributed by atoms with Crippen molar-refractivity contribution >= 4 is 23.9 Å². The van der Waals surface area contributed by atoms with Gasteiger partial charge in [0.25, 0.3) is 0 Å². The minimum Gasteiger partial charge on any atom is -0.468 e. The molecule has 9 nitrogen and oxygen atoms in total. The number of rotatable bonds is 10. The molecule has 0 saturated heterocycles. The van der Waals surface area contributed by atoms with E-state index in [1.807, 2.05) is 0 Å². The Hall–Kier alpha value is -2.16. The molecule has 9 heteroatoms. The van der Waals surface area contributed by atoms with Gasteiger partial charge in [0.15, 0.2) is 10.8 Å². The lowest BCUT2D eigenvalue weighted by molar-refractivity contribution is -0.178. The average Bonchev–Trinajstić information content (AvgIpc) is 2.58. The van der Waals surface area contributed by atoms with E-state index in [0.717, 1.165) is 12.8 Å². The molecule has 0 bridgehead atoms. The predicted octanol–water partition coefficient (Wildman–Crippen LogP) is 0.776. The van der Waals surface area contributed by atoms with E-state index < -0.39 is 34.7 Å². The molecule has 0 radical (unpaired) electrons. The predicted molar refractivity (Wildman–Crippen MR) is 89.3 cm³/mol. The summed E-state index contributed by atoms with van der Waals surface area (Å²) >= 11 is 0. The van der Waals surface area contributed by atoms with Gasteiger partial charge in [-0.15, -0.1) is 0 Å². The molecule has 27 heavy (non-hydrogen) atoms. The zero-order chi connectivity index (χ0) is 19.9. The van der Waals surface area contributed by atoms with Crippen LogP contribution in [0.3, 0.4) is 0 Å². The molecule has 0 unspecified atom stereocenters. The number of carbonyl (C=O) groups is 4. The fraction of sp³-hybridized carbons (Fsp3) is 0.778. The summed E-state index contributed by atoms with van der Waals surface area (Å²) in [5, 5.41) is 0. The highest BCUT2D eigenvalue weighted by molar-refractivity contribution is 6.01. The summed E-state index contributed by atoms with van der Waals surface area (Å²) in [5.74, 6) is -2.33. The number of hydrogen-bond acceptors (Lipinski definition) is 9. The lowest BCUT2D eigenvalue weighted by Gasteiger charge is -2.36. The van der Waals surface area contributed by atoms with Crippen LogP contribution in [0.1, 0.15) is 38.5 Å². The summed E-state index contributed by atoms with van der Waals surface area (Å²) in [6.07, 6.45) is 3.27. The summed E-state index contributed by atoms with van der Waals surface area (Å²) in [6.45, 7) is 0.167. The zero-order valence-electron chi connectivity index (χ0n) is 15.7. The van der Waals surface area contributed by atoms with Crippen molar-refractivity contribution in [3.05, 3.63) is 0 Å². The van der Waals surface area contributed by atoms with E-state index >= 15 is 0 Å². The van der Waals surface area contributed by atoms with Gasteiger partial charge in [-0.25, -0.2) is 0 Å². The van der Waals surface area contributed by atoms with Crippen molar-refractivity contribution in [1.82, 2.24) is 0 Å². The van der Waals surface area contributed by atoms with Gasteiger partial charge in [-0.1, -0.05) is 0 Å². The third-order valence-electron chi connectivity index (χ3n) is 5.27. The van der Waals surface area contributed by atoms with Gasteiger partial charge in [-0.2, -0.15) is 0 Å². The van der Waals surface area contributed by atoms with E-state index in [1.165, 1.54) is 14.2 Å². The number of esters is 4. The van der Waals surface area contributed by atoms with Gasteiger partial charge in [-0.3, -0.25) is 19.2 Å². The first-order chi connectivity index (χ1) is 12.9. The van der Waals surface area contributed by atoms with Gasteiger partial charge < -0.3 is 23.7 Å². The van der Waals surface area contributed by atoms with Crippen LogP contribution >= 0.6 is 0 Å². The van der Waals surface area contributed by atoms with Gasteiger partial charge in [0.05, 0.1) is 27.4 Å². The van der Waals surface area contributed by atoms with Crippen LogP contribution in [-0.2, 0) is 42.9 Å². The molecule has 0 aromatic carbocycles. The van der Waals surface area contributed by atoms with Crippen molar-refractivity contribution in [2.24, 2.45) is 10.8 Å². The van der Waals surface area contributed by atoms with Gasteiger partial charge in [0.2, 0.25) is 0 Å². The average molecular weight is 386 g/mol. The largest absolute Gasteiger partial charge is 0.468 e. The monoisotopic (exact) mass is 386 g/mol. The minimum atomic E-state index is -1.17. The van der Waals surface area contributed by atoms with E-state index in [-0.39, 0.29) is 26.4 Å². The fourth-order valence-electron chi connectivity index (χ4n) is 3.20. The van der Waals surface area contributed by atoms with Crippen LogP contribution in [0.25, 0.3) is 0 Å². The zero-order valence-corrected chi connectivity index (χ0v) is 15.7. The smallest absolute Gasteiger partial charge is 0.323 e. The van der Waals surface area contributed by atoms with E-state index in [2.05, 4.69) is 9.47 Å². The standard InChI is InChI=1S/C18H26O9/c1-23-13(19)17(5-3-6-17)15(21)26-11-9-25-10-12-27-16(22)18(7-4-8-18)14(20)24-2/h3-12H2,1-2H3. The Morgan fingerprint density at radius 1 is 0.630 bits per heavy atom. The molecule has 0 atom stereocenters. The van der Waals surface area contributed by atoms with Crippen LogP contribution in [0.2, 0.25) is 0 Å². The highest BCUT2D eigenvalue weighted by Crippen LogP contribution is 2.43. The van der Waals surface area contributed by atoms with Crippen LogP contribution < -0.4 is 0 Å². The molecule has 0 aromatic heterocycles. The molecule has 0 amide bonds. The van der Waals surface area contributed by atoms with Crippen molar-refractivity contribution in [3.63, 3.8) is 0 Å². The molecular weight excluding hydrogens is 360 g/mol. The second-order valence-corrected chi connectivity index (χ2v) is 6.74. The highest BCUT2D eigenvalue weighted by Gasteiger charge is 2.54. The maximum absolute atomic E-state index is 12.1. The summed E-state index contributed by atoms with van der Waals surface area (Å²) in [4.78, 5) is 47.6. The second kappa shape index (κ2) is 9.16. The normalized spacial score (nSPS) is 19.0. The van der Waals surface area contributed by atoms with Crippen LogP contribution in [0, 0.1) is 10.8 Å². The molecule has 2 aliphatic rings. The molecule has 0 heterocycles. The molecule has 2 rings (SSSR count). The van der Waals surface area contributed by atoms with E-state index in [1.54, 1.807) is 0 Å². The molecule has 0 spiro atoms. The summed E-state index contributed by atoms with van der Waals surface area (Å²) in [7, 11) is 2.49. The molecule has 2 aliphatic carbocycles. The van der Waals surface area contributed by atoms with E-state index in [9.17, 15) is 19.2 Å². The van der Waals surface area contributed by atoms with Crippen LogP contribution in [0.15, 0.2) is 0 Å². The number of carbonyl (C=O) groups excluding carboxylic acids is 4. The summed E-state index contributed by atoms with van der Waals surface area (Å²) in [6, 6.07) is 0. The molecule has 152 valence electrons. The molecule has 2 fully saturated rings. The molecule has 0 N–H and O–H groups in total. The lowest BCUT2D eigenvalue weighted by Crippen LogP contribution is -2.47. The number of ether oxygens (including phenoxy) is 5. The Balaban J connectivity index is 1.60. The molecule has 2 saturated carbocycles. The van der Waals surface area contributed by atoms with Gasteiger partial charge in [-0.05, 0) is 38.5 Å². The topological polar surface area (TPSA) is 114 Å². The van der Waals surface area contributed by atoms with Crippen LogP contribution in [0.4, 0.5) is 0 Å². The van der Waals surface area contributed by atoms with E-state index in [4.69, 9.17) is 14.2 Å². The summed E-state index contributed by atoms with van der Waals surface area (Å²) < 4.78 is 24.8.